The number of benzene rings is 1. The van der Waals surface area contributed by atoms with Gasteiger partial charge in [-0.1, -0.05) is 37.3 Å². The molecule has 1 aliphatic rings. The van der Waals surface area contributed by atoms with Crippen LogP contribution in [0.25, 0.3) is 0 Å². The molecule has 0 aliphatic carbocycles. The zero-order chi connectivity index (χ0) is 14.4. The van der Waals surface area contributed by atoms with Gasteiger partial charge >= 0.3 is 0 Å². The van der Waals surface area contributed by atoms with E-state index in [1.807, 2.05) is 4.90 Å². The van der Waals surface area contributed by atoms with Gasteiger partial charge in [-0.25, -0.2) is 0 Å². The number of amides is 1. The summed E-state index contributed by atoms with van der Waals surface area (Å²) in [5, 5.41) is 3.30. The first kappa shape index (κ1) is 15.0. The SMILES string of the molecule is CCNC(C)CC(=O)N1CCC(c2ccccc2)CC1. The first-order valence-corrected chi connectivity index (χ1v) is 7.76. The lowest BCUT2D eigenvalue weighted by molar-refractivity contribution is -0.132. The molecule has 1 N–H and O–H groups in total. The van der Waals surface area contributed by atoms with Gasteiger partial charge in [-0.15, -0.1) is 0 Å². The summed E-state index contributed by atoms with van der Waals surface area (Å²) in [6, 6.07) is 10.9. The Bertz CT molecular complexity index is 410. The quantitative estimate of drug-likeness (QED) is 0.895. The Morgan fingerprint density at radius 3 is 2.55 bits per heavy atom. The molecule has 1 aromatic rings. The second kappa shape index (κ2) is 7.44. The number of hydrogen-bond donors (Lipinski definition) is 1. The highest BCUT2D eigenvalue weighted by molar-refractivity contribution is 5.76. The van der Waals surface area contributed by atoms with Gasteiger partial charge in [0.25, 0.3) is 0 Å². The molecule has 1 amide bonds. The van der Waals surface area contributed by atoms with Crippen LogP contribution in [0.1, 0.15) is 44.6 Å². The Kier molecular flexibility index (Phi) is 5.60. The number of likely N-dealkylation sites (tertiary alicyclic amines) is 1. The van der Waals surface area contributed by atoms with Crippen molar-refractivity contribution in [3.8, 4) is 0 Å². The molecule has 0 radical (unpaired) electrons. The third-order valence-electron chi connectivity index (χ3n) is 4.15. The minimum atomic E-state index is 0.277. The lowest BCUT2D eigenvalue weighted by atomic mass is 9.89. The van der Waals surface area contributed by atoms with E-state index in [1.54, 1.807) is 0 Å². The van der Waals surface area contributed by atoms with Gasteiger partial charge in [0.1, 0.15) is 0 Å². The molecule has 1 unspecified atom stereocenters. The second-order valence-electron chi connectivity index (χ2n) is 5.73. The van der Waals surface area contributed by atoms with Crippen molar-refractivity contribution in [1.29, 1.82) is 0 Å². The predicted octanol–water partition coefficient (Wildman–Crippen LogP) is 2.78. The summed E-state index contributed by atoms with van der Waals surface area (Å²) in [7, 11) is 0. The van der Waals surface area contributed by atoms with E-state index in [1.165, 1.54) is 5.56 Å². The first-order chi connectivity index (χ1) is 9.70. The predicted molar refractivity (Wildman–Crippen MR) is 82.8 cm³/mol. The average molecular weight is 274 g/mol. The second-order valence-corrected chi connectivity index (χ2v) is 5.73. The fourth-order valence-electron chi connectivity index (χ4n) is 3.00. The monoisotopic (exact) mass is 274 g/mol. The van der Waals surface area contributed by atoms with Crippen LogP contribution in [0.5, 0.6) is 0 Å². The molecule has 0 bridgehead atoms. The van der Waals surface area contributed by atoms with Gasteiger partial charge in [0.2, 0.25) is 5.91 Å². The third kappa shape index (κ3) is 4.07. The Morgan fingerprint density at radius 2 is 1.95 bits per heavy atom. The van der Waals surface area contributed by atoms with Gasteiger partial charge in [0.05, 0.1) is 0 Å². The van der Waals surface area contributed by atoms with Crippen molar-refractivity contribution in [2.45, 2.75) is 45.1 Å². The van der Waals surface area contributed by atoms with Crippen molar-refractivity contribution in [3.05, 3.63) is 35.9 Å². The zero-order valence-corrected chi connectivity index (χ0v) is 12.6. The molecule has 1 heterocycles. The largest absolute Gasteiger partial charge is 0.343 e. The van der Waals surface area contributed by atoms with E-state index in [9.17, 15) is 4.79 Å². The van der Waals surface area contributed by atoms with Crippen LogP contribution in [0.15, 0.2) is 30.3 Å². The van der Waals surface area contributed by atoms with Gasteiger partial charge in [-0.2, -0.15) is 0 Å². The molecule has 3 nitrogen and oxygen atoms in total. The lowest BCUT2D eigenvalue weighted by Gasteiger charge is -2.33. The maximum Gasteiger partial charge on any atom is 0.224 e. The highest BCUT2D eigenvalue weighted by Gasteiger charge is 2.24. The summed E-state index contributed by atoms with van der Waals surface area (Å²) >= 11 is 0. The topological polar surface area (TPSA) is 32.3 Å². The maximum atomic E-state index is 12.2. The van der Waals surface area contributed by atoms with E-state index in [-0.39, 0.29) is 6.04 Å². The van der Waals surface area contributed by atoms with Crippen molar-refractivity contribution >= 4 is 5.91 Å². The van der Waals surface area contributed by atoms with Crippen LogP contribution >= 0.6 is 0 Å². The van der Waals surface area contributed by atoms with Crippen LogP contribution in [0.4, 0.5) is 0 Å². The molecule has 0 saturated carbocycles. The van der Waals surface area contributed by atoms with E-state index in [0.29, 0.717) is 18.2 Å². The number of carbonyl (C=O) groups is 1. The van der Waals surface area contributed by atoms with Crippen LogP contribution in [0, 0.1) is 0 Å². The van der Waals surface area contributed by atoms with E-state index in [0.717, 1.165) is 32.5 Å². The molecule has 0 spiro atoms. The number of hydrogen-bond acceptors (Lipinski definition) is 2. The van der Waals surface area contributed by atoms with E-state index in [2.05, 4.69) is 49.5 Å². The molecule has 0 aromatic heterocycles. The van der Waals surface area contributed by atoms with Crippen molar-refractivity contribution in [2.75, 3.05) is 19.6 Å². The van der Waals surface area contributed by atoms with Crippen LogP contribution in [-0.4, -0.2) is 36.5 Å². The van der Waals surface area contributed by atoms with Crippen LogP contribution in [0.3, 0.4) is 0 Å². The summed E-state index contributed by atoms with van der Waals surface area (Å²) < 4.78 is 0. The summed E-state index contributed by atoms with van der Waals surface area (Å²) in [4.78, 5) is 14.2. The van der Waals surface area contributed by atoms with E-state index < -0.39 is 0 Å². The van der Waals surface area contributed by atoms with Gasteiger partial charge in [-0.05, 0) is 37.8 Å². The highest BCUT2D eigenvalue weighted by atomic mass is 16.2. The Balaban J connectivity index is 1.80. The smallest absolute Gasteiger partial charge is 0.224 e. The van der Waals surface area contributed by atoms with E-state index in [4.69, 9.17) is 0 Å². The van der Waals surface area contributed by atoms with Crippen molar-refractivity contribution in [2.24, 2.45) is 0 Å². The maximum absolute atomic E-state index is 12.2. The fourth-order valence-corrected chi connectivity index (χ4v) is 3.00. The standard InChI is InChI=1S/C17H26N2O/c1-3-18-14(2)13-17(20)19-11-9-16(10-12-19)15-7-5-4-6-8-15/h4-8,14,16,18H,3,9-13H2,1-2H3. The van der Waals surface area contributed by atoms with Gasteiger partial charge in [0.15, 0.2) is 0 Å². The molecular formula is C17H26N2O. The molecule has 20 heavy (non-hydrogen) atoms. The molecule has 1 saturated heterocycles. The lowest BCUT2D eigenvalue weighted by Crippen LogP contribution is -2.41. The molecular weight excluding hydrogens is 248 g/mol. The van der Waals surface area contributed by atoms with Gasteiger partial charge in [-0.3, -0.25) is 4.79 Å². The molecule has 110 valence electrons. The highest BCUT2D eigenvalue weighted by Crippen LogP contribution is 2.27. The summed E-state index contributed by atoms with van der Waals surface area (Å²) in [5.41, 5.74) is 1.42. The molecule has 2 rings (SSSR count). The molecule has 1 aliphatic heterocycles. The zero-order valence-electron chi connectivity index (χ0n) is 12.6. The fraction of sp³-hybridized carbons (Fsp3) is 0.588. The van der Waals surface area contributed by atoms with Crippen LogP contribution in [0.2, 0.25) is 0 Å². The molecule has 1 atom stereocenters. The molecule has 1 aromatic carbocycles. The Hall–Kier alpha value is -1.35. The number of carbonyl (C=O) groups excluding carboxylic acids is 1. The van der Waals surface area contributed by atoms with Gasteiger partial charge in [0, 0.05) is 25.6 Å². The van der Waals surface area contributed by atoms with E-state index >= 15 is 0 Å². The number of nitrogens with zero attached hydrogens (tertiary/aromatic N) is 1. The van der Waals surface area contributed by atoms with Crippen molar-refractivity contribution < 1.29 is 4.79 Å². The first-order valence-electron chi connectivity index (χ1n) is 7.76. The minimum Gasteiger partial charge on any atom is -0.343 e. The Morgan fingerprint density at radius 1 is 1.30 bits per heavy atom. The summed E-state index contributed by atoms with van der Waals surface area (Å²) in [6.07, 6.45) is 2.79. The van der Waals surface area contributed by atoms with Crippen LogP contribution < -0.4 is 5.32 Å². The summed E-state index contributed by atoms with van der Waals surface area (Å²) in [6.45, 7) is 6.88. The molecule has 3 heteroatoms. The minimum absolute atomic E-state index is 0.277. The number of nitrogens with one attached hydrogen (secondary N) is 1. The van der Waals surface area contributed by atoms with Crippen LogP contribution in [-0.2, 0) is 4.79 Å². The molecule has 1 fully saturated rings. The van der Waals surface area contributed by atoms with Gasteiger partial charge < -0.3 is 10.2 Å². The number of rotatable bonds is 5. The summed E-state index contributed by atoms with van der Waals surface area (Å²) in [5.74, 6) is 0.913. The number of piperidine rings is 1. The van der Waals surface area contributed by atoms with Crippen molar-refractivity contribution in [1.82, 2.24) is 10.2 Å². The van der Waals surface area contributed by atoms with Crippen molar-refractivity contribution in [3.63, 3.8) is 0 Å². The normalized spacial score (nSPS) is 18.0. The average Bonchev–Trinajstić information content (AvgIpc) is 2.48. The Labute approximate surface area is 122 Å². The third-order valence-corrected chi connectivity index (χ3v) is 4.15.